The fourth-order valence-electron chi connectivity index (χ4n) is 2.19. The molecule has 116 valence electrons. The van der Waals surface area contributed by atoms with Gasteiger partial charge in [-0.1, -0.05) is 0 Å². The molecule has 0 spiro atoms. The highest BCUT2D eigenvalue weighted by Crippen LogP contribution is 2.23. The Morgan fingerprint density at radius 1 is 1.36 bits per heavy atom. The van der Waals surface area contributed by atoms with Gasteiger partial charge in [0, 0.05) is 30.9 Å². The van der Waals surface area contributed by atoms with E-state index < -0.39 is 17.6 Å². The molecule has 0 radical (unpaired) electrons. The zero-order valence-electron chi connectivity index (χ0n) is 12.2. The number of nitrogens with two attached hydrogens (primary N) is 1. The third kappa shape index (κ3) is 3.43. The SMILES string of the molecule is COc1ccc2c(C[C@H](NC(C)=O)C(N)=O)cc(=O)oc2c1. The van der Waals surface area contributed by atoms with Crippen molar-refractivity contribution >= 4 is 22.8 Å². The van der Waals surface area contributed by atoms with Gasteiger partial charge < -0.3 is 20.2 Å². The molecule has 0 unspecified atom stereocenters. The van der Waals surface area contributed by atoms with E-state index >= 15 is 0 Å². The van der Waals surface area contributed by atoms with Gasteiger partial charge >= 0.3 is 5.63 Å². The maximum absolute atomic E-state index is 11.7. The molecule has 7 heteroatoms. The van der Waals surface area contributed by atoms with Crippen LogP contribution >= 0.6 is 0 Å². The lowest BCUT2D eigenvalue weighted by Crippen LogP contribution is -2.45. The summed E-state index contributed by atoms with van der Waals surface area (Å²) < 4.78 is 10.2. The number of benzene rings is 1. The van der Waals surface area contributed by atoms with Crippen LogP contribution in [0.5, 0.6) is 5.75 Å². The van der Waals surface area contributed by atoms with Crippen molar-refractivity contribution in [2.45, 2.75) is 19.4 Å². The van der Waals surface area contributed by atoms with Gasteiger partial charge in [0.15, 0.2) is 0 Å². The van der Waals surface area contributed by atoms with Crippen molar-refractivity contribution in [3.63, 3.8) is 0 Å². The van der Waals surface area contributed by atoms with Crippen molar-refractivity contribution in [3.05, 3.63) is 40.2 Å². The van der Waals surface area contributed by atoms with Gasteiger partial charge in [-0.3, -0.25) is 9.59 Å². The van der Waals surface area contributed by atoms with E-state index in [0.717, 1.165) is 0 Å². The summed E-state index contributed by atoms with van der Waals surface area (Å²) in [4.78, 5) is 34.3. The second-order valence-electron chi connectivity index (χ2n) is 4.81. The van der Waals surface area contributed by atoms with Crippen LogP contribution in [0.2, 0.25) is 0 Å². The lowest BCUT2D eigenvalue weighted by atomic mass is 10.0. The highest BCUT2D eigenvalue weighted by atomic mass is 16.5. The second kappa shape index (κ2) is 6.30. The van der Waals surface area contributed by atoms with Crippen molar-refractivity contribution in [1.82, 2.24) is 5.32 Å². The standard InChI is InChI=1S/C15H16N2O5/c1-8(18)17-12(15(16)20)5-9-6-14(19)22-13-7-10(21-2)3-4-11(9)13/h3-4,6-7,12H,5H2,1-2H3,(H2,16,20)(H,17,18)/t12-/m0/s1. The van der Waals surface area contributed by atoms with Crippen LogP contribution in [-0.4, -0.2) is 25.0 Å². The molecular weight excluding hydrogens is 288 g/mol. The highest BCUT2D eigenvalue weighted by molar-refractivity contribution is 5.87. The average Bonchev–Trinajstić information content (AvgIpc) is 2.44. The molecular formula is C15H16N2O5. The summed E-state index contributed by atoms with van der Waals surface area (Å²) in [5, 5.41) is 3.11. The first-order valence-corrected chi connectivity index (χ1v) is 6.58. The van der Waals surface area contributed by atoms with Crippen LogP contribution in [0.25, 0.3) is 11.0 Å². The summed E-state index contributed by atoms with van der Waals surface area (Å²) in [5.41, 5.74) is 5.63. The zero-order valence-corrected chi connectivity index (χ0v) is 12.2. The molecule has 7 nitrogen and oxygen atoms in total. The molecule has 2 rings (SSSR count). The monoisotopic (exact) mass is 304 g/mol. The first kappa shape index (κ1) is 15.6. The van der Waals surface area contributed by atoms with Gasteiger partial charge in [-0.25, -0.2) is 4.79 Å². The smallest absolute Gasteiger partial charge is 0.336 e. The molecule has 0 saturated heterocycles. The molecule has 2 aromatic rings. The lowest BCUT2D eigenvalue weighted by molar-refractivity contribution is -0.126. The molecule has 0 aliphatic rings. The Kier molecular flexibility index (Phi) is 4.45. The summed E-state index contributed by atoms with van der Waals surface area (Å²) in [7, 11) is 1.50. The topological polar surface area (TPSA) is 112 Å². The molecule has 0 fully saturated rings. The normalized spacial score (nSPS) is 11.9. The number of ether oxygens (including phenoxy) is 1. The van der Waals surface area contributed by atoms with Crippen molar-refractivity contribution < 1.29 is 18.7 Å². The van der Waals surface area contributed by atoms with Crippen molar-refractivity contribution in [1.29, 1.82) is 0 Å². The Morgan fingerprint density at radius 3 is 2.68 bits per heavy atom. The van der Waals surface area contributed by atoms with Crippen LogP contribution < -0.4 is 21.4 Å². The predicted molar refractivity (Wildman–Crippen MR) is 79.5 cm³/mol. The first-order chi connectivity index (χ1) is 10.4. The van der Waals surface area contributed by atoms with Crippen LogP contribution in [-0.2, 0) is 16.0 Å². The van der Waals surface area contributed by atoms with Gasteiger partial charge in [0.05, 0.1) is 7.11 Å². The van der Waals surface area contributed by atoms with Gasteiger partial charge in [0.1, 0.15) is 17.4 Å². The van der Waals surface area contributed by atoms with E-state index in [9.17, 15) is 14.4 Å². The van der Waals surface area contributed by atoms with E-state index in [1.807, 2.05) is 0 Å². The molecule has 0 aliphatic heterocycles. The van der Waals surface area contributed by atoms with Crippen molar-refractivity contribution in [2.24, 2.45) is 5.73 Å². The van der Waals surface area contributed by atoms with E-state index in [0.29, 0.717) is 22.3 Å². The van der Waals surface area contributed by atoms with Crippen LogP contribution in [0.1, 0.15) is 12.5 Å². The maximum Gasteiger partial charge on any atom is 0.336 e. The van der Waals surface area contributed by atoms with Gasteiger partial charge in [-0.05, 0) is 17.7 Å². The molecule has 1 atom stereocenters. The van der Waals surface area contributed by atoms with Gasteiger partial charge in [-0.15, -0.1) is 0 Å². The van der Waals surface area contributed by atoms with Crippen molar-refractivity contribution in [2.75, 3.05) is 7.11 Å². The zero-order chi connectivity index (χ0) is 16.3. The van der Waals surface area contributed by atoms with Crippen LogP contribution in [0.3, 0.4) is 0 Å². The molecule has 1 aromatic carbocycles. The first-order valence-electron chi connectivity index (χ1n) is 6.58. The highest BCUT2D eigenvalue weighted by Gasteiger charge is 2.19. The Balaban J connectivity index is 2.47. The largest absolute Gasteiger partial charge is 0.497 e. The summed E-state index contributed by atoms with van der Waals surface area (Å²) in [6.07, 6.45) is 0.101. The van der Waals surface area contributed by atoms with E-state index in [1.54, 1.807) is 18.2 Å². The fraction of sp³-hybridized carbons (Fsp3) is 0.267. The maximum atomic E-state index is 11.7. The molecule has 0 saturated carbocycles. The molecule has 1 aromatic heterocycles. The number of carbonyl (C=O) groups excluding carboxylic acids is 2. The van der Waals surface area contributed by atoms with Gasteiger partial charge in [-0.2, -0.15) is 0 Å². The Bertz CT molecular complexity index is 781. The summed E-state index contributed by atoms with van der Waals surface area (Å²) >= 11 is 0. The van der Waals surface area contributed by atoms with E-state index in [1.165, 1.54) is 20.1 Å². The number of fused-ring (bicyclic) bond motifs is 1. The molecule has 1 heterocycles. The van der Waals surface area contributed by atoms with Gasteiger partial charge in [0.2, 0.25) is 11.8 Å². The minimum atomic E-state index is -0.899. The summed E-state index contributed by atoms with van der Waals surface area (Å²) in [5.74, 6) is -0.510. The third-order valence-corrected chi connectivity index (χ3v) is 3.18. The number of carbonyl (C=O) groups is 2. The molecule has 2 amide bonds. The fourth-order valence-corrected chi connectivity index (χ4v) is 2.19. The third-order valence-electron chi connectivity index (χ3n) is 3.18. The second-order valence-corrected chi connectivity index (χ2v) is 4.81. The average molecular weight is 304 g/mol. The Labute approximate surface area is 126 Å². The minimum absolute atomic E-state index is 0.101. The number of rotatable bonds is 5. The number of hydrogen-bond donors (Lipinski definition) is 2. The quantitative estimate of drug-likeness (QED) is 0.773. The summed E-state index contributed by atoms with van der Waals surface area (Å²) in [6, 6.07) is 5.40. The minimum Gasteiger partial charge on any atom is -0.497 e. The predicted octanol–water partition coefficient (Wildman–Crippen LogP) is 0.334. The lowest BCUT2D eigenvalue weighted by Gasteiger charge is -2.15. The Morgan fingerprint density at radius 2 is 2.09 bits per heavy atom. The number of hydrogen-bond acceptors (Lipinski definition) is 5. The molecule has 22 heavy (non-hydrogen) atoms. The number of nitrogens with one attached hydrogen (secondary N) is 1. The van der Waals surface area contributed by atoms with E-state index in [-0.39, 0.29) is 12.3 Å². The number of amides is 2. The Hall–Kier alpha value is -2.83. The van der Waals surface area contributed by atoms with Gasteiger partial charge in [0.25, 0.3) is 0 Å². The van der Waals surface area contributed by atoms with E-state index in [4.69, 9.17) is 14.9 Å². The number of primary amides is 1. The molecule has 0 aliphatic carbocycles. The van der Waals surface area contributed by atoms with E-state index in [2.05, 4.69) is 5.32 Å². The van der Waals surface area contributed by atoms with Crippen LogP contribution in [0.15, 0.2) is 33.5 Å². The van der Waals surface area contributed by atoms with Crippen LogP contribution in [0, 0.1) is 0 Å². The van der Waals surface area contributed by atoms with Crippen molar-refractivity contribution in [3.8, 4) is 5.75 Å². The van der Waals surface area contributed by atoms with Crippen LogP contribution in [0.4, 0.5) is 0 Å². The molecule has 3 N–H and O–H groups in total. The number of methoxy groups -OCH3 is 1. The molecule has 0 bridgehead atoms. The summed E-state index contributed by atoms with van der Waals surface area (Å²) in [6.45, 7) is 1.29.